The number of amides is 1. The largest absolute Gasteiger partial charge is 0.497 e. The molecule has 0 unspecified atom stereocenters. The Bertz CT molecular complexity index is 721. The van der Waals surface area contributed by atoms with Gasteiger partial charge in [0.1, 0.15) is 11.5 Å². The minimum atomic E-state index is 0.0815. The van der Waals surface area contributed by atoms with E-state index in [1.54, 1.807) is 26.4 Å². The smallest absolute Gasteiger partial charge is 0.227 e. The molecule has 1 amide bonds. The van der Waals surface area contributed by atoms with E-state index < -0.39 is 0 Å². The summed E-state index contributed by atoms with van der Waals surface area (Å²) in [4.78, 5) is 12.3. The number of hydrogen-bond acceptors (Lipinski definition) is 4. The second-order valence-corrected chi connectivity index (χ2v) is 6.11. The number of benzene rings is 2. The number of carbonyl (C=O) groups is 1. The van der Waals surface area contributed by atoms with Gasteiger partial charge in [-0.2, -0.15) is 0 Å². The maximum atomic E-state index is 12.3. The van der Waals surface area contributed by atoms with E-state index in [0.29, 0.717) is 22.9 Å². The average Bonchev–Trinajstić information content (AvgIpc) is 3.17. The van der Waals surface area contributed by atoms with Crippen LogP contribution in [0.15, 0.2) is 42.5 Å². The van der Waals surface area contributed by atoms with E-state index in [4.69, 9.17) is 14.2 Å². The van der Waals surface area contributed by atoms with Gasteiger partial charge in [0.25, 0.3) is 0 Å². The van der Waals surface area contributed by atoms with Crippen molar-refractivity contribution in [1.29, 1.82) is 0 Å². The topological polar surface area (TPSA) is 56.8 Å². The summed E-state index contributed by atoms with van der Waals surface area (Å²) >= 11 is 0. The van der Waals surface area contributed by atoms with Crippen LogP contribution in [0.5, 0.6) is 23.0 Å². The van der Waals surface area contributed by atoms with Gasteiger partial charge < -0.3 is 19.5 Å². The Kier molecular flexibility index (Phi) is 5.43. The van der Waals surface area contributed by atoms with E-state index in [1.165, 1.54) is 0 Å². The van der Waals surface area contributed by atoms with Crippen LogP contribution >= 0.6 is 0 Å². The molecule has 0 radical (unpaired) electrons. The van der Waals surface area contributed by atoms with Crippen molar-refractivity contribution in [2.75, 3.05) is 19.5 Å². The monoisotopic (exact) mass is 341 g/mol. The van der Waals surface area contributed by atoms with Crippen molar-refractivity contribution in [3.05, 3.63) is 42.5 Å². The molecule has 132 valence electrons. The zero-order chi connectivity index (χ0) is 17.6. The Hall–Kier alpha value is -2.69. The van der Waals surface area contributed by atoms with Gasteiger partial charge in [-0.05, 0) is 49.2 Å². The van der Waals surface area contributed by atoms with Crippen molar-refractivity contribution in [2.45, 2.75) is 25.7 Å². The lowest BCUT2D eigenvalue weighted by atomic mass is 10.1. The first-order valence-electron chi connectivity index (χ1n) is 8.50. The summed E-state index contributed by atoms with van der Waals surface area (Å²) in [5, 5.41) is 2.99. The van der Waals surface area contributed by atoms with Crippen LogP contribution < -0.4 is 19.5 Å². The summed E-state index contributed by atoms with van der Waals surface area (Å²) in [6, 6.07) is 12.7. The molecule has 3 rings (SSSR count). The summed E-state index contributed by atoms with van der Waals surface area (Å²) in [5.41, 5.74) is 0.709. The van der Waals surface area contributed by atoms with Gasteiger partial charge in [0.2, 0.25) is 5.91 Å². The number of methoxy groups -OCH3 is 2. The molecular weight excluding hydrogens is 318 g/mol. The van der Waals surface area contributed by atoms with Gasteiger partial charge in [-0.3, -0.25) is 4.79 Å². The molecule has 5 heteroatoms. The predicted octanol–water partition coefficient (Wildman–Crippen LogP) is 4.62. The number of nitrogens with one attached hydrogen (secondary N) is 1. The molecule has 1 N–H and O–H groups in total. The highest BCUT2D eigenvalue weighted by atomic mass is 16.5. The molecule has 2 aromatic rings. The third-order valence-electron chi connectivity index (χ3n) is 4.44. The third-order valence-corrected chi connectivity index (χ3v) is 4.44. The molecule has 0 aliphatic heterocycles. The SMILES string of the molecule is COc1ccc(Oc2cc(NC(=O)C3CCCC3)ccc2OC)cc1. The highest BCUT2D eigenvalue weighted by Crippen LogP contribution is 2.35. The fourth-order valence-corrected chi connectivity index (χ4v) is 3.04. The van der Waals surface area contributed by atoms with Gasteiger partial charge in [0.15, 0.2) is 11.5 Å². The molecule has 1 fully saturated rings. The maximum Gasteiger partial charge on any atom is 0.227 e. The zero-order valence-electron chi connectivity index (χ0n) is 14.6. The Labute approximate surface area is 147 Å². The Morgan fingerprint density at radius 1 is 0.920 bits per heavy atom. The summed E-state index contributed by atoms with van der Waals surface area (Å²) < 4.78 is 16.4. The van der Waals surface area contributed by atoms with Gasteiger partial charge in [-0.25, -0.2) is 0 Å². The lowest BCUT2D eigenvalue weighted by Crippen LogP contribution is -2.20. The third kappa shape index (κ3) is 4.24. The van der Waals surface area contributed by atoms with Gasteiger partial charge in [0, 0.05) is 17.7 Å². The number of carbonyl (C=O) groups excluding carboxylic acids is 1. The van der Waals surface area contributed by atoms with Crippen LogP contribution in [0, 0.1) is 5.92 Å². The first-order chi connectivity index (χ1) is 12.2. The zero-order valence-corrected chi connectivity index (χ0v) is 14.6. The number of anilines is 1. The first kappa shape index (κ1) is 17.1. The van der Waals surface area contributed by atoms with Crippen LogP contribution in [-0.2, 0) is 4.79 Å². The van der Waals surface area contributed by atoms with E-state index in [2.05, 4.69) is 5.32 Å². The molecule has 2 aromatic carbocycles. The Morgan fingerprint density at radius 3 is 2.24 bits per heavy atom. The molecule has 1 aliphatic carbocycles. The van der Waals surface area contributed by atoms with E-state index in [1.807, 2.05) is 30.3 Å². The van der Waals surface area contributed by atoms with E-state index in [9.17, 15) is 4.79 Å². The van der Waals surface area contributed by atoms with Gasteiger partial charge >= 0.3 is 0 Å². The summed E-state index contributed by atoms with van der Waals surface area (Å²) in [6.45, 7) is 0. The van der Waals surface area contributed by atoms with E-state index in [0.717, 1.165) is 31.4 Å². The predicted molar refractivity (Wildman–Crippen MR) is 96.6 cm³/mol. The number of ether oxygens (including phenoxy) is 3. The molecule has 5 nitrogen and oxygen atoms in total. The van der Waals surface area contributed by atoms with Crippen molar-refractivity contribution in [1.82, 2.24) is 0 Å². The number of hydrogen-bond donors (Lipinski definition) is 1. The molecule has 0 aromatic heterocycles. The van der Waals surface area contributed by atoms with Crippen molar-refractivity contribution >= 4 is 11.6 Å². The lowest BCUT2D eigenvalue weighted by Gasteiger charge is -2.14. The molecule has 1 saturated carbocycles. The van der Waals surface area contributed by atoms with E-state index >= 15 is 0 Å². The normalized spacial score (nSPS) is 14.2. The first-order valence-corrected chi connectivity index (χ1v) is 8.50. The van der Waals surface area contributed by atoms with Gasteiger partial charge in [0.05, 0.1) is 14.2 Å². The average molecular weight is 341 g/mol. The maximum absolute atomic E-state index is 12.3. The molecule has 0 bridgehead atoms. The lowest BCUT2D eigenvalue weighted by molar-refractivity contribution is -0.119. The van der Waals surface area contributed by atoms with Gasteiger partial charge in [-0.1, -0.05) is 12.8 Å². The Balaban J connectivity index is 1.75. The van der Waals surface area contributed by atoms with Crippen molar-refractivity contribution in [2.24, 2.45) is 5.92 Å². The second kappa shape index (κ2) is 7.92. The molecule has 0 heterocycles. The second-order valence-electron chi connectivity index (χ2n) is 6.11. The van der Waals surface area contributed by atoms with Crippen molar-refractivity contribution in [3.8, 4) is 23.0 Å². The molecule has 0 spiro atoms. The van der Waals surface area contributed by atoms with Crippen molar-refractivity contribution < 1.29 is 19.0 Å². The fourth-order valence-electron chi connectivity index (χ4n) is 3.04. The summed E-state index contributed by atoms with van der Waals surface area (Å²) in [5.74, 6) is 2.79. The Morgan fingerprint density at radius 2 is 1.60 bits per heavy atom. The van der Waals surface area contributed by atoms with Gasteiger partial charge in [-0.15, -0.1) is 0 Å². The fraction of sp³-hybridized carbons (Fsp3) is 0.350. The molecule has 1 aliphatic rings. The quantitative estimate of drug-likeness (QED) is 0.832. The minimum absolute atomic E-state index is 0.0815. The van der Waals surface area contributed by atoms with E-state index in [-0.39, 0.29) is 11.8 Å². The number of rotatable bonds is 6. The van der Waals surface area contributed by atoms with Crippen LogP contribution in [-0.4, -0.2) is 20.1 Å². The van der Waals surface area contributed by atoms with Crippen LogP contribution in [0.4, 0.5) is 5.69 Å². The van der Waals surface area contributed by atoms with Crippen LogP contribution in [0.1, 0.15) is 25.7 Å². The highest BCUT2D eigenvalue weighted by Gasteiger charge is 2.22. The van der Waals surface area contributed by atoms with Crippen LogP contribution in [0.3, 0.4) is 0 Å². The standard InChI is InChI=1S/C20H23NO4/c1-23-16-8-10-17(11-9-16)25-19-13-15(7-12-18(19)24-2)21-20(22)14-5-3-4-6-14/h7-14H,3-6H2,1-2H3,(H,21,22). The molecule has 0 atom stereocenters. The molecular formula is C20H23NO4. The molecule has 0 saturated heterocycles. The summed E-state index contributed by atoms with van der Waals surface area (Å²) in [6.07, 6.45) is 4.20. The van der Waals surface area contributed by atoms with Crippen LogP contribution in [0.25, 0.3) is 0 Å². The minimum Gasteiger partial charge on any atom is -0.497 e. The van der Waals surface area contributed by atoms with Crippen molar-refractivity contribution in [3.63, 3.8) is 0 Å². The highest BCUT2D eigenvalue weighted by molar-refractivity contribution is 5.93. The summed E-state index contributed by atoms with van der Waals surface area (Å²) in [7, 11) is 3.21. The molecule has 25 heavy (non-hydrogen) atoms. The van der Waals surface area contributed by atoms with Crippen LogP contribution in [0.2, 0.25) is 0 Å².